The molecule has 0 spiro atoms. The number of rotatable bonds is 8. The second-order valence-corrected chi connectivity index (χ2v) is 9.17. The summed E-state index contributed by atoms with van der Waals surface area (Å²) in [5.74, 6) is 0.664. The highest BCUT2D eigenvalue weighted by molar-refractivity contribution is 5.77. The molecular weight excluding hydrogens is 422 g/mol. The predicted octanol–water partition coefficient (Wildman–Crippen LogP) is 4.49. The average molecular weight is 458 g/mol. The van der Waals surface area contributed by atoms with Gasteiger partial charge in [-0.05, 0) is 62.3 Å². The lowest BCUT2D eigenvalue weighted by atomic mass is 10.0. The molecule has 4 rings (SSSR count). The topological polar surface area (TPSA) is 44.8 Å². The molecule has 3 aromatic rings. The van der Waals surface area contributed by atoms with Gasteiger partial charge in [0.1, 0.15) is 5.75 Å². The van der Waals surface area contributed by atoms with Gasteiger partial charge in [-0.25, -0.2) is 0 Å². The van der Waals surface area contributed by atoms with E-state index in [0.29, 0.717) is 6.54 Å². The summed E-state index contributed by atoms with van der Waals surface area (Å²) < 4.78 is 6.04. The number of carbonyl (C=O) groups is 1. The van der Waals surface area contributed by atoms with E-state index in [1.807, 2.05) is 36.4 Å². The Morgan fingerprint density at radius 1 is 0.912 bits per heavy atom. The first kappa shape index (κ1) is 24.0. The van der Waals surface area contributed by atoms with Crippen LogP contribution in [0.4, 0.5) is 0 Å². The summed E-state index contributed by atoms with van der Waals surface area (Å²) in [6, 6.07) is 24.8. The van der Waals surface area contributed by atoms with Gasteiger partial charge in [0, 0.05) is 31.7 Å². The lowest BCUT2D eigenvalue weighted by molar-refractivity contribution is -0.123. The molecule has 1 aliphatic rings. The summed E-state index contributed by atoms with van der Waals surface area (Å²) in [6.45, 7) is 7.72. The molecule has 0 unspecified atom stereocenters. The van der Waals surface area contributed by atoms with Crippen molar-refractivity contribution in [3.8, 4) is 16.9 Å². The Kier molecular flexibility index (Phi) is 8.34. The molecule has 0 saturated carbocycles. The number of likely N-dealkylation sites (N-methyl/N-ethyl adjacent to an activating group) is 1. The molecule has 1 fully saturated rings. The maximum atomic E-state index is 12.4. The summed E-state index contributed by atoms with van der Waals surface area (Å²) >= 11 is 0. The number of benzene rings is 3. The Morgan fingerprint density at radius 2 is 1.68 bits per heavy atom. The molecule has 5 heteroatoms. The number of hydrogen-bond acceptors (Lipinski definition) is 4. The molecule has 1 aliphatic heterocycles. The molecule has 0 bridgehead atoms. The summed E-state index contributed by atoms with van der Waals surface area (Å²) in [5.41, 5.74) is 5.81. The fourth-order valence-corrected chi connectivity index (χ4v) is 4.26. The number of hydrogen-bond donors (Lipinski definition) is 1. The van der Waals surface area contributed by atoms with Gasteiger partial charge < -0.3 is 15.0 Å². The Bertz CT molecular complexity index is 1070. The van der Waals surface area contributed by atoms with Crippen LogP contribution in [0.3, 0.4) is 0 Å². The lowest BCUT2D eigenvalue weighted by Crippen LogP contribution is -2.30. The fraction of sp³-hybridized carbons (Fsp3) is 0.345. The van der Waals surface area contributed by atoms with Crippen LogP contribution in [0.1, 0.15) is 23.1 Å². The molecule has 3 aromatic carbocycles. The molecule has 5 nitrogen and oxygen atoms in total. The molecule has 1 heterocycles. The van der Waals surface area contributed by atoms with E-state index >= 15 is 0 Å². The Hall–Kier alpha value is -3.15. The average Bonchev–Trinajstić information content (AvgIpc) is 3.07. The largest absolute Gasteiger partial charge is 0.483 e. The van der Waals surface area contributed by atoms with Crippen molar-refractivity contribution < 1.29 is 9.53 Å². The maximum Gasteiger partial charge on any atom is 0.258 e. The third-order valence-electron chi connectivity index (χ3n) is 6.34. The fourth-order valence-electron chi connectivity index (χ4n) is 4.26. The molecule has 1 saturated heterocycles. The lowest BCUT2D eigenvalue weighted by Gasteiger charge is -2.22. The second kappa shape index (κ2) is 11.8. The van der Waals surface area contributed by atoms with Gasteiger partial charge >= 0.3 is 0 Å². The summed E-state index contributed by atoms with van der Waals surface area (Å²) in [7, 11) is 2.18. The number of amides is 1. The normalized spacial score (nSPS) is 15.0. The third-order valence-corrected chi connectivity index (χ3v) is 6.34. The quantitative estimate of drug-likeness (QED) is 0.541. The van der Waals surface area contributed by atoms with E-state index < -0.39 is 0 Å². The number of carbonyl (C=O) groups excluding carboxylic acids is 1. The van der Waals surface area contributed by atoms with Gasteiger partial charge in [-0.3, -0.25) is 9.69 Å². The number of nitrogens with one attached hydrogen (secondary N) is 1. The molecule has 1 amide bonds. The zero-order valence-corrected chi connectivity index (χ0v) is 20.3. The summed E-state index contributed by atoms with van der Waals surface area (Å²) in [6.07, 6.45) is 1.16. The van der Waals surface area contributed by atoms with Crippen molar-refractivity contribution in [3.63, 3.8) is 0 Å². The predicted molar refractivity (Wildman–Crippen MR) is 138 cm³/mol. The van der Waals surface area contributed by atoms with Crippen molar-refractivity contribution in [1.82, 2.24) is 15.1 Å². The van der Waals surface area contributed by atoms with Crippen LogP contribution in [-0.4, -0.2) is 55.5 Å². The zero-order chi connectivity index (χ0) is 23.8. The Balaban J connectivity index is 1.46. The van der Waals surface area contributed by atoms with Gasteiger partial charge in [0.15, 0.2) is 6.61 Å². The van der Waals surface area contributed by atoms with E-state index in [1.54, 1.807) is 0 Å². The SMILES string of the molecule is Cc1ccc(-c2ccc(OCC(=O)NCc3ccccc3)c(CN3CCCN(C)CC3)c2)cc1. The van der Waals surface area contributed by atoms with Gasteiger partial charge in [-0.2, -0.15) is 0 Å². The first-order chi connectivity index (χ1) is 16.6. The molecular formula is C29H35N3O2. The maximum absolute atomic E-state index is 12.4. The number of nitrogens with zero attached hydrogens (tertiary/aromatic N) is 2. The van der Waals surface area contributed by atoms with Crippen molar-refractivity contribution in [2.45, 2.75) is 26.4 Å². The zero-order valence-electron chi connectivity index (χ0n) is 20.3. The smallest absolute Gasteiger partial charge is 0.258 e. The Labute approximate surface area is 203 Å². The van der Waals surface area contributed by atoms with Gasteiger partial charge in [0.2, 0.25) is 0 Å². The van der Waals surface area contributed by atoms with Crippen molar-refractivity contribution in [2.24, 2.45) is 0 Å². The molecule has 34 heavy (non-hydrogen) atoms. The van der Waals surface area contributed by atoms with Gasteiger partial charge in [-0.15, -0.1) is 0 Å². The number of ether oxygens (including phenoxy) is 1. The van der Waals surface area contributed by atoms with Crippen molar-refractivity contribution in [1.29, 1.82) is 0 Å². The minimum absolute atomic E-state index is 0.00640. The molecule has 178 valence electrons. The van der Waals surface area contributed by atoms with Gasteiger partial charge in [0.25, 0.3) is 5.91 Å². The standard InChI is InChI=1S/C29H35N3O2/c1-23-9-11-25(12-10-23)26-13-14-28(27(19-26)21-32-16-6-15-31(2)17-18-32)34-22-29(33)30-20-24-7-4-3-5-8-24/h3-5,7-14,19H,6,15-18,20-22H2,1-2H3,(H,30,33). The summed E-state index contributed by atoms with van der Waals surface area (Å²) in [4.78, 5) is 17.3. The van der Waals surface area contributed by atoms with Crippen LogP contribution < -0.4 is 10.1 Å². The Morgan fingerprint density at radius 3 is 2.47 bits per heavy atom. The van der Waals surface area contributed by atoms with Gasteiger partial charge in [-0.1, -0.05) is 66.2 Å². The van der Waals surface area contributed by atoms with Crippen LogP contribution in [0.5, 0.6) is 5.75 Å². The van der Waals surface area contributed by atoms with E-state index in [2.05, 4.69) is 65.5 Å². The molecule has 0 aromatic heterocycles. The van der Waals surface area contributed by atoms with Gasteiger partial charge in [0.05, 0.1) is 0 Å². The minimum atomic E-state index is -0.117. The number of aryl methyl sites for hydroxylation is 1. The van der Waals surface area contributed by atoms with E-state index in [1.165, 1.54) is 16.7 Å². The molecule has 0 aliphatic carbocycles. The molecule has 0 radical (unpaired) electrons. The van der Waals surface area contributed by atoms with E-state index in [4.69, 9.17) is 4.74 Å². The van der Waals surface area contributed by atoms with Crippen molar-refractivity contribution in [3.05, 3.63) is 89.5 Å². The third kappa shape index (κ3) is 6.92. The van der Waals surface area contributed by atoms with E-state index in [9.17, 15) is 4.79 Å². The van der Waals surface area contributed by atoms with Crippen LogP contribution in [0.2, 0.25) is 0 Å². The highest BCUT2D eigenvalue weighted by atomic mass is 16.5. The monoisotopic (exact) mass is 457 g/mol. The first-order valence-electron chi connectivity index (χ1n) is 12.1. The van der Waals surface area contributed by atoms with E-state index in [-0.39, 0.29) is 12.5 Å². The van der Waals surface area contributed by atoms with Crippen LogP contribution in [-0.2, 0) is 17.9 Å². The molecule has 0 atom stereocenters. The van der Waals surface area contributed by atoms with E-state index in [0.717, 1.165) is 56.0 Å². The van der Waals surface area contributed by atoms with Crippen LogP contribution >= 0.6 is 0 Å². The van der Waals surface area contributed by atoms with Crippen molar-refractivity contribution >= 4 is 5.91 Å². The minimum Gasteiger partial charge on any atom is -0.483 e. The van der Waals surface area contributed by atoms with Crippen LogP contribution in [0.25, 0.3) is 11.1 Å². The molecule has 1 N–H and O–H groups in total. The summed E-state index contributed by atoms with van der Waals surface area (Å²) in [5, 5.41) is 2.95. The van der Waals surface area contributed by atoms with Crippen molar-refractivity contribution in [2.75, 3.05) is 39.8 Å². The first-order valence-corrected chi connectivity index (χ1v) is 12.1. The van der Waals surface area contributed by atoms with Crippen LogP contribution in [0, 0.1) is 6.92 Å². The second-order valence-electron chi connectivity index (χ2n) is 9.17. The highest BCUT2D eigenvalue weighted by Crippen LogP contribution is 2.28. The highest BCUT2D eigenvalue weighted by Gasteiger charge is 2.16. The van der Waals surface area contributed by atoms with Crippen LogP contribution in [0.15, 0.2) is 72.8 Å².